The Labute approximate surface area is 151 Å². The smallest absolute Gasteiger partial charge is 0.245 e. The molecule has 130 valence electrons. The maximum atomic E-state index is 13.0. The molecule has 1 amide bonds. The number of hydrogen-bond acceptors (Lipinski definition) is 4. The van der Waals surface area contributed by atoms with Gasteiger partial charge in [-0.1, -0.05) is 31.7 Å². The summed E-state index contributed by atoms with van der Waals surface area (Å²) in [6, 6.07) is 3.96. The molecule has 0 aliphatic heterocycles. The highest BCUT2D eigenvalue weighted by Crippen LogP contribution is 2.28. The Bertz CT molecular complexity index is 726. The van der Waals surface area contributed by atoms with Gasteiger partial charge in [-0.2, -0.15) is 5.10 Å². The van der Waals surface area contributed by atoms with Crippen LogP contribution in [0.4, 0.5) is 0 Å². The summed E-state index contributed by atoms with van der Waals surface area (Å²) in [5, 5.41) is 9.18. The van der Waals surface area contributed by atoms with Gasteiger partial charge in [0.05, 0.1) is 4.88 Å². The Morgan fingerprint density at radius 3 is 2.75 bits per heavy atom. The molecule has 2 aromatic heterocycles. The van der Waals surface area contributed by atoms with Crippen molar-refractivity contribution in [1.82, 2.24) is 19.7 Å². The number of thiophene rings is 1. The summed E-state index contributed by atoms with van der Waals surface area (Å²) < 4.78 is 2.34. The highest BCUT2D eigenvalue weighted by molar-refractivity contribution is 7.71. The van der Waals surface area contributed by atoms with E-state index in [0.29, 0.717) is 10.8 Å². The first-order valence-electron chi connectivity index (χ1n) is 8.57. The number of aromatic nitrogens is 3. The van der Waals surface area contributed by atoms with Gasteiger partial charge in [-0.05, 0) is 43.4 Å². The summed E-state index contributed by atoms with van der Waals surface area (Å²) in [7, 11) is 1.93. The molecule has 2 aromatic rings. The number of carbonyl (C=O) groups is 1. The van der Waals surface area contributed by atoms with E-state index >= 15 is 0 Å². The zero-order chi connectivity index (χ0) is 17.1. The van der Waals surface area contributed by atoms with E-state index in [0.717, 1.165) is 23.5 Å². The van der Waals surface area contributed by atoms with Crippen LogP contribution in [0.3, 0.4) is 0 Å². The number of rotatable bonds is 4. The number of amides is 1. The minimum Gasteiger partial charge on any atom is -0.341 e. The summed E-state index contributed by atoms with van der Waals surface area (Å²) in [5.74, 6) is 0.849. The number of likely N-dealkylation sites (N-methyl/N-ethyl adjacent to an activating group) is 1. The summed E-state index contributed by atoms with van der Waals surface area (Å²) in [6.07, 6.45) is 7.18. The van der Waals surface area contributed by atoms with Gasteiger partial charge in [0.1, 0.15) is 6.04 Å². The molecule has 1 aliphatic carbocycles. The molecular weight excluding hydrogens is 340 g/mol. The highest BCUT2D eigenvalue weighted by atomic mass is 32.1. The van der Waals surface area contributed by atoms with Crippen LogP contribution in [0.2, 0.25) is 0 Å². The Balaban J connectivity index is 1.83. The molecule has 2 heterocycles. The maximum absolute atomic E-state index is 13.0. The van der Waals surface area contributed by atoms with Crippen molar-refractivity contribution in [2.24, 2.45) is 0 Å². The SMILES string of the molecule is CC(C(=O)N(C)C1CCCCCC1)n1c(-c2cccs2)n[nH]c1=S. The number of hydrogen-bond donors (Lipinski definition) is 1. The van der Waals surface area contributed by atoms with Crippen molar-refractivity contribution in [1.29, 1.82) is 0 Å². The Hall–Kier alpha value is -1.47. The summed E-state index contributed by atoms with van der Waals surface area (Å²) in [4.78, 5) is 16.0. The lowest BCUT2D eigenvalue weighted by atomic mass is 10.1. The first kappa shape index (κ1) is 17.4. The van der Waals surface area contributed by atoms with Crippen molar-refractivity contribution in [3.05, 3.63) is 22.3 Å². The van der Waals surface area contributed by atoms with Gasteiger partial charge >= 0.3 is 0 Å². The van der Waals surface area contributed by atoms with Crippen molar-refractivity contribution in [3.8, 4) is 10.7 Å². The first-order valence-corrected chi connectivity index (χ1v) is 9.86. The van der Waals surface area contributed by atoms with Gasteiger partial charge in [-0.15, -0.1) is 11.3 Å². The van der Waals surface area contributed by atoms with E-state index in [1.54, 1.807) is 11.3 Å². The zero-order valence-electron chi connectivity index (χ0n) is 14.2. The molecule has 0 aromatic carbocycles. The first-order chi connectivity index (χ1) is 11.6. The second-order valence-electron chi connectivity index (χ2n) is 6.47. The van der Waals surface area contributed by atoms with Gasteiger partial charge < -0.3 is 4.90 Å². The summed E-state index contributed by atoms with van der Waals surface area (Å²) in [6.45, 7) is 1.91. The van der Waals surface area contributed by atoms with Crippen LogP contribution in [0.1, 0.15) is 51.5 Å². The minimum absolute atomic E-state index is 0.109. The summed E-state index contributed by atoms with van der Waals surface area (Å²) >= 11 is 6.98. The fourth-order valence-corrected chi connectivity index (χ4v) is 4.47. The summed E-state index contributed by atoms with van der Waals surface area (Å²) in [5.41, 5.74) is 0. The second-order valence-corrected chi connectivity index (χ2v) is 7.80. The van der Waals surface area contributed by atoms with Gasteiger partial charge in [-0.3, -0.25) is 14.5 Å². The zero-order valence-corrected chi connectivity index (χ0v) is 15.8. The molecule has 0 bridgehead atoms. The molecule has 24 heavy (non-hydrogen) atoms. The lowest BCUT2D eigenvalue weighted by Gasteiger charge is -2.30. The molecule has 0 spiro atoms. The van der Waals surface area contributed by atoms with Crippen LogP contribution < -0.4 is 0 Å². The van der Waals surface area contributed by atoms with Gasteiger partial charge in [0.2, 0.25) is 5.91 Å². The monoisotopic (exact) mass is 364 g/mol. The third-order valence-corrected chi connectivity index (χ3v) is 6.06. The standard InChI is InChI=1S/C17H24N4OS2/c1-12(16(22)20(2)13-8-5-3-4-6-9-13)21-15(18-19-17(21)23)14-10-7-11-24-14/h7,10-13H,3-6,8-9H2,1-2H3,(H,19,23). The van der Waals surface area contributed by atoms with Crippen LogP contribution in [0.5, 0.6) is 0 Å². The molecule has 5 nitrogen and oxygen atoms in total. The molecule has 0 saturated heterocycles. The fourth-order valence-electron chi connectivity index (χ4n) is 3.47. The van der Waals surface area contributed by atoms with Crippen LogP contribution in [0.15, 0.2) is 17.5 Å². The third-order valence-electron chi connectivity index (χ3n) is 4.91. The second kappa shape index (κ2) is 7.61. The van der Waals surface area contributed by atoms with Gasteiger partial charge in [-0.25, -0.2) is 0 Å². The van der Waals surface area contributed by atoms with Crippen molar-refractivity contribution in [3.63, 3.8) is 0 Å². The molecule has 1 atom stereocenters. The van der Waals surface area contributed by atoms with Crippen molar-refractivity contribution < 1.29 is 4.79 Å². The van der Waals surface area contributed by atoms with Crippen LogP contribution in [-0.2, 0) is 4.79 Å². The third kappa shape index (κ3) is 3.47. The molecular formula is C17H24N4OS2. The predicted octanol–water partition coefficient (Wildman–Crippen LogP) is 4.41. The van der Waals surface area contributed by atoms with Crippen LogP contribution in [0, 0.1) is 4.77 Å². The molecule has 1 aliphatic rings. The number of aromatic amines is 1. The number of carbonyl (C=O) groups excluding carboxylic acids is 1. The van der Waals surface area contributed by atoms with E-state index in [1.807, 2.05) is 41.0 Å². The Morgan fingerprint density at radius 1 is 1.42 bits per heavy atom. The molecule has 1 saturated carbocycles. The average molecular weight is 365 g/mol. The topological polar surface area (TPSA) is 53.9 Å². The fraction of sp³-hybridized carbons (Fsp3) is 0.588. The lowest BCUT2D eigenvalue weighted by molar-refractivity contribution is -0.135. The highest BCUT2D eigenvalue weighted by Gasteiger charge is 2.28. The minimum atomic E-state index is -0.360. The van der Waals surface area contributed by atoms with Crippen LogP contribution >= 0.6 is 23.6 Å². The molecule has 1 N–H and O–H groups in total. The van der Waals surface area contributed by atoms with Crippen LogP contribution in [-0.4, -0.2) is 38.7 Å². The van der Waals surface area contributed by atoms with E-state index in [9.17, 15) is 4.79 Å². The van der Waals surface area contributed by atoms with Crippen molar-refractivity contribution >= 4 is 29.5 Å². The number of nitrogens with zero attached hydrogens (tertiary/aromatic N) is 3. The van der Waals surface area contributed by atoms with E-state index in [1.165, 1.54) is 25.7 Å². The van der Waals surface area contributed by atoms with E-state index in [4.69, 9.17) is 12.2 Å². The van der Waals surface area contributed by atoms with E-state index in [-0.39, 0.29) is 11.9 Å². The number of nitrogens with one attached hydrogen (secondary N) is 1. The average Bonchev–Trinajstić information content (AvgIpc) is 3.15. The molecule has 1 unspecified atom stereocenters. The van der Waals surface area contributed by atoms with Crippen molar-refractivity contribution in [2.45, 2.75) is 57.5 Å². The van der Waals surface area contributed by atoms with E-state index in [2.05, 4.69) is 10.2 Å². The molecule has 3 rings (SSSR count). The van der Waals surface area contributed by atoms with Gasteiger partial charge in [0, 0.05) is 13.1 Å². The maximum Gasteiger partial charge on any atom is 0.245 e. The van der Waals surface area contributed by atoms with E-state index < -0.39 is 0 Å². The Kier molecular flexibility index (Phi) is 5.50. The predicted molar refractivity (Wildman–Crippen MR) is 99.7 cm³/mol. The largest absolute Gasteiger partial charge is 0.341 e. The van der Waals surface area contributed by atoms with Crippen molar-refractivity contribution in [2.75, 3.05) is 7.05 Å². The Morgan fingerprint density at radius 2 is 2.12 bits per heavy atom. The lowest BCUT2D eigenvalue weighted by Crippen LogP contribution is -2.40. The molecule has 0 radical (unpaired) electrons. The molecule has 1 fully saturated rings. The molecule has 7 heteroatoms. The van der Waals surface area contributed by atoms with Crippen LogP contribution in [0.25, 0.3) is 10.7 Å². The number of H-pyrrole nitrogens is 1. The normalized spacial score (nSPS) is 17.4. The quantitative estimate of drug-likeness (QED) is 0.646. The van der Waals surface area contributed by atoms with Gasteiger partial charge in [0.15, 0.2) is 10.6 Å². The van der Waals surface area contributed by atoms with Gasteiger partial charge in [0.25, 0.3) is 0 Å².